The molecule has 4 heterocycles. The third kappa shape index (κ3) is 8.08. The van der Waals surface area contributed by atoms with Crippen molar-refractivity contribution in [3.63, 3.8) is 0 Å². The van der Waals surface area contributed by atoms with Crippen molar-refractivity contribution in [3.8, 4) is 0 Å². The standard InChI is InChI=1S/C26H45NO21/c1-6(32)27-11-14(37)12(35)9(4-30)43-24(11)47-21-17(40)19(8(34)3-29)45-26(21)48-22-20(13(36)10(5-31)42-23(22)41)46-25-16(39)15(38)18(44-25)7(33)2-28/h7-26,28-31,33-41H,2-5H2,1H3,(H,27,32)/t7-,8-,9-,10-,11-,12-,13+,14-,15-,16-,17+,18+,19+,20+,21-,22-,23+,24-,25+,26-/m1/s1. The maximum atomic E-state index is 11.9. The fourth-order valence-electron chi connectivity index (χ4n) is 5.95. The van der Waals surface area contributed by atoms with Crippen LogP contribution >= 0.6 is 0 Å². The van der Waals surface area contributed by atoms with Gasteiger partial charge in [0.05, 0.1) is 26.4 Å². The maximum absolute atomic E-state index is 11.9. The van der Waals surface area contributed by atoms with Gasteiger partial charge < -0.3 is 105 Å². The van der Waals surface area contributed by atoms with Gasteiger partial charge in [-0.05, 0) is 0 Å². The van der Waals surface area contributed by atoms with Gasteiger partial charge >= 0.3 is 0 Å². The number of ether oxygens (including phenoxy) is 7. The highest BCUT2D eigenvalue weighted by Gasteiger charge is 2.57. The van der Waals surface area contributed by atoms with Gasteiger partial charge in [-0.15, -0.1) is 0 Å². The zero-order valence-electron chi connectivity index (χ0n) is 25.5. The molecule has 4 aliphatic rings. The molecule has 1 amide bonds. The van der Waals surface area contributed by atoms with Crippen molar-refractivity contribution in [2.75, 3.05) is 26.4 Å². The van der Waals surface area contributed by atoms with Crippen LogP contribution in [-0.2, 0) is 38.0 Å². The number of amides is 1. The van der Waals surface area contributed by atoms with E-state index in [1.807, 2.05) is 0 Å². The summed E-state index contributed by atoms with van der Waals surface area (Å²) in [6.45, 7) is -2.43. The molecular formula is C26H45NO21. The Hall–Kier alpha value is -1.33. The second-order valence-electron chi connectivity index (χ2n) is 11.9. The van der Waals surface area contributed by atoms with Crippen molar-refractivity contribution >= 4 is 5.91 Å². The summed E-state index contributed by atoms with van der Waals surface area (Å²) in [6.07, 6.45) is -33.6. The Labute approximate surface area is 272 Å². The lowest BCUT2D eigenvalue weighted by Gasteiger charge is -2.45. The van der Waals surface area contributed by atoms with Crippen LogP contribution in [0.4, 0.5) is 0 Å². The number of nitrogens with one attached hydrogen (secondary N) is 1. The first kappa shape index (κ1) is 39.5. The zero-order valence-corrected chi connectivity index (χ0v) is 25.5. The number of hydrogen-bond acceptors (Lipinski definition) is 21. The third-order valence-electron chi connectivity index (χ3n) is 8.56. The summed E-state index contributed by atoms with van der Waals surface area (Å²) >= 11 is 0. The molecule has 4 saturated heterocycles. The quantitative estimate of drug-likeness (QED) is 0.0844. The molecule has 0 aromatic heterocycles. The number of carbonyl (C=O) groups is 1. The highest BCUT2D eigenvalue weighted by Crippen LogP contribution is 2.36. The summed E-state index contributed by atoms with van der Waals surface area (Å²) in [7, 11) is 0. The van der Waals surface area contributed by atoms with Crippen LogP contribution in [0.15, 0.2) is 0 Å². The van der Waals surface area contributed by atoms with E-state index in [9.17, 15) is 71.2 Å². The van der Waals surface area contributed by atoms with E-state index in [1.165, 1.54) is 0 Å². The summed E-state index contributed by atoms with van der Waals surface area (Å²) in [5, 5.41) is 136. The van der Waals surface area contributed by atoms with Crippen molar-refractivity contribution in [2.45, 2.75) is 130 Å². The third-order valence-corrected chi connectivity index (χ3v) is 8.56. The Morgan fingerprint density at radius 3 is 1.69 bits per heavy atom. The van der Waals surface area contributed by atoms with Crippen LogP contribution in [0, 0.1) is 0 Å². The molecule has 280 valence electrons. The molecule has 14 N–H and O–H groups in total. The van der Waals surface area contributed by atoms with Crippen molar-refractivity contribution in [1.82, 2.24) is 5.32 Å². The minimum absolute atomic E-state index is 0.708. The Morgan fingerprint density at radius 1 is 0.604 bits per heavy atom. The first-order chi connectivity index (χ1) is 22.7. The summed E-state index contributed by atoms with van der Waals surface area (Å²) in [5.74, 6) is -0.708. The highest BCUT2D eigenvalue weighted by molar-refractivity contribution is 5.73. The minimum atomic E-state index is -2.07. The number of carbonyl (C=O) groups excluding carboxylic acids is 1. The van der Waals surface area contributed by atoms with Gasteiger partial charge in [-0.1, -0.05) is 0 Å². The molecule has 48 heavy (non-hydrogen) atoms. The molecule has 4 aliphatic heterocycles. The SMILES string of the molecule is CC(=O)N[C@H]1[C@@H](O[C@H]2[C@@H](O[C@@H]3[C@@H](O[C@@H]4O[C@@H]([C@H](O)CO)[C@H](O)[C@H]4O)[C@@H](O)[C@@H](CO)O[C@@H]3O)O[C@@H]([C@H](O)CO)[C@@H]2O)O[C@H](CO)[C@@H](O)[C@@H]1O. The Morgan fingerprint density at radius 2 is 1.12 bits per heavy atom. The van der Waals surface area contributed by atoms with Crippen LogP contribution in [0.25, 0.3) is 0 Å². The fourth-order valence-corrected chi connectivity index (χ4v) is 5.95. The monoisotopic (exact) mass is 707 g/mol. The Bertz CT molecular complexity index is 1030. The molecule has 4 fully saturated rings. The molecular weight excluding hydrogens is 662 g/mol. The van der Waals surface area contributed by atoms with E-state index in [0.29, 0.717) is 0 Å². The number of hydrogen-bond donors (Lipinski definition) is 14. The molecule has 20 atom stereocenters. The molecule has 22 nitrogen and oxygen atoms in total. The molecule has 0 saturated carbocycles. The van der Waals surface area contributed by atoms with Crippen LogP contribution in [-0.4, -0.2) is 221 Å². The first-order valence-electron chi connectivity index (χ1n) is 15.1. The minimum Gasteiger partial charge on any atom is -0.394 e. The topological polar surface area (TPSA) is 357 Å². The molecule has 0 aliphatic carbocycles. The number of aliphatic hydroxyl groups is 13. The van der Waals surface area contributed by atoms with Crippen LogP contribution < -0.4 is 5.32 Å². The zero-order chi connectivity index (χ0) is 35.6. The van der Waals surface area contributed by atoms with Gasteiger partial charge in [0, 0.05) is 6.92 Å². The second kappa shape index (κ2) is 16.8. The largest absolute Gasteiger partial charge is 0.394 e. The Balaban J connectivity index is 1.63. The van der Waals surface area contributed by atoms with Crippen LogP contribution in [0.1, 0.15) is 6.92 Å². The van der Waals surface area contributed by atoms with Gasteiger partial charge in [0.15, 0.2) is 25.2 Å². The van der Waals surface area contributed by atoms with E-state index in [4.69, 9.17) is 33.2 Å². The normalized spacial score (nSPS) is 48.0. The molecule has 0 spiro atoms. The molecule has 0 radical (unpaired) electrons. The fraction of sp³-hybridized carbons (Fsp3) is 0.962. The lowest BCUT2D eigenvalue weighted by Crippen LogP contribution is -2.66. The van der Waals surface area contributed by atoms with Crippen molar-refractivity contribution in [2.24, 2.45) is 0 Å². The number of aliphatic hydroxyl groups excluding tert-OH is 13. The van der Waals surface area contributed by atoms with E-state index in [0.717, 1.165) is 6.92 Å². The van der Waals surface area contributed by atoms with Gasteiger partial charge in [-0.25, -0.2) is 0 Å². The predicted molar refractivity (Wildman–Crippen MR) is 145 cm³/mol. The van der Waals surface area contributed by atoms with Gasteiger partial charge in [0.25, 0.3) is 0 Å². The summed E-state index contributed by atoms with van der Waals surface area (Å²) in [4.78, 5) is 11.9. The van der Waals surface area contributed by atoms with E-state index >= 15 is 0 Å². The Kier molecular flexibility index (Phi) is 13.8. The molecule has 0 aromatic rings. The lowest BCUT2D eigenvalue weighted by molar-refractivity contribution is -0.360. The first-order valence-corrected chi connectivity index (χ1v) is 15.1. The lowest BCUT2D eigenvalue weighted by atomic mass is 9.96. The summed E-state index contributed by atoms with van der Waals surface area (Å²) in [6, 6.07) is -1.52. The molecule has 0 bridgehead atoms. The van der Waals surface area contributed by atoms with Crippen LogP contribution in [0.2, 0.25) is 0 Å². The van der Waals surface area contributed by atoms with E-state index in [1.54, 1.807) is 0 Å². The van der Waals surface area contributed by atoms with Gasteiger partial charge in [-0.2, -0.15) is 0 Å². The highest BCUT2D eigenvalue weighted by atomic mass is 16.8. The predicted octanol–water partition coefficient (Wildman–Crippen LogP) is -9.61. The summed E-state index contributed by atoms with van der Waals surface area (Å²) in [5.41, 5.74) is 0. The molecule has 22 heteroatoms. The van der Waals surface area contributed by atoms with Gasteiger partial charge in [0.1, 0.15) is 97.6 Å². The average Bonchev–Trinajstić information content (AvgIpc) is 3.52. The van der Waals surface area contributed by atoms with Crippen molar-refractivity contribution in [3.05, 3.63) is 0 Å². The molecule has 0 aromatic carbocycles. The van der Waals surface area contributed by atoms with E-state index in [2.05, 4.69) is 5.32 Å². The second-order valence-corrected chi connectivity index (χ2v) is 11.9. The van der Waals surface area contributed by atoms with Crippen molar-refractivity contribution < 1.29 is 104 Å². The average molecular weight is 708 g/mol. The van der Waals surface area contributed by atoms with Crippen LogP contribution in [0.3, 0.4) is 0 Å². The number of rotatable bonds is 13. The van der Waals surface area contributed by atoms with E-state index in [-0.39, 0.29) is 0 Å². The van der Waals surface area contributed by atoms with E-state index < -0.39 is 155 Å². The smallest absolute Gasteiger partial charge is 0.217 e. The molecule has 0 unspecified atom stereocenters. The van der Waals surface area contributed by atoms with Crippen LogP contribution in [0.5, 0.6) is 0 Å². The maximum Gasteiger partial charge on any atom is 0.217 e. The summed E-state index contributed by atoms with van der Waals surface area (Å²) < 4.78 is 39.1. The van der Waals surface area contributed by atoms with Crippen molar-refractivity contribution in [1.29, 1.82) is 0 Å². The molecule has 4 rings (SSSR count). The van der Waals surface area contributed by atoms with Gasteiger partial charge in [0.2, 0.25) is 5.91 Å². The van der Waals surface area contributed by atoms with Gasteiger partial charge in [-0.3, -0.25) is 4.79 Å².